The van der Waals surface area contributed by atoms with Crippen LogP contribution in [0.25, 0.3) is 5.82 Å². The molecule has 29 heavy (non-hydrogen) atoms. The molecule has 0 spiro atoms. The summed E-state index contributed by atoms with van der Waals surface area (Å²) >= 11 is 7.49. The van der Waals surface area contributed by atoms with Gasteiger partial charge in [0.25, 0.3) is 11.8 Å². The molecule has 2 amide bonds. The topological polar surface area (TPSA) is 88.9 Å². The Kier molecular flexibility index (Phi) is 5.37. The van der Waals surface area contributed by atoms with E-state index >= 15 is 0 Å². The first-order valence-corrected chi connectivity index (χ1v) is 9.78. The number of rotatable bonds is 5. The summed E-state index contributed by atoms with van der Waals surface area (Å²) in [5.74, 6) is 0.0119. The molecule has 0 saturated carbocycles. The summed E-state index contributed by atoms with van der Waals surface area (Å²) in [7, 11) is 0. The first-order chi connectivity index (χ1) is 14.1. The van der Waals surface area contributed by atoms with Crippen molar-refractivity contribution in [2.45, 2.75) is 0 Å². The van der Waals surface area contributed by atoms with Crippen molar-refractivity contribution < 1.29 is 9.59 Å². The molecule has 3 heterocycles. The molecule has 2 N–H and O–H groups in total. The average Bonchev–Trinajstić information content (AvgIpc) is 3.44. The van der Waals surface area contributed by atoms with Crippen LogP contribution in [0.1, 0.15) is 20.0 Å². The minimum atomic E-state index is -0.345. The van der Waals surface area contributed by atoms with Crippen LogP contribution in [-0.2, 0) is 0 Å². The highest BCUT2D eigenvalue weighted by atomic mass is 35.5. The Balaban J connectivity index is 1.48. The zero-order valence-corrected chi connectivity index (χ0v) is 16.4. The number of amides is 2. The van der Waals surface area contributed by atoms with E-state index in [0.717, 1.165) is 0 Å². The predicted octanol–water partition coefficient (Wildman–Crippen LogP) is 4.49. The summed E-state index contributed by atoms with van der Waals surface area (Å²) in [5.41, 5.74) is 1.25. The molecule has 0 radical (unpaired) electrons. The Morgan fingerprint density at radius 3 is 2.62 bits per heavy atom. The molecule has 0 unspecified atom stereocenters. The van der Waals surface area contributed by atoms with Crippen LogP contribution < -0.4 is 10.6 Å². The van der Waals surface area contributed by atoms with Gasteiger partial charge in [0.2, 0.25) is 0 Å². The van der Waals surface area contributed by atoms with E-state index in [4.69, 9.17) is 11.6 Å². The van der Waals surface area contributed by atoms with E-state index in [1.807, 2.05) is 5.38 Å². The minimum absolute atomic E-state index is 0.280. The molecule has 0 aliphatic heterocycles. The summed E-state index contributed by atoms with van der Waals surface area (Å²) in [5, 5.41) is 11.8. The lowest BCUT2D eigenvalue weighted by molar-refractivity contribution is 0.101. The number of hydrogen-bond acceptors (Lipinski definition) is 5. The van der Waals surface area contributed by atoms with Gasteiger partial charge in [-0.15, -0.1) is 11.3 Å². The van der Waals surface area contributed by atoms with Crippen molar-refractivity contribution in [2.75, 3.05) is 10.6 Å². The number of pyridine rings is 1. The number of carbonyl (C=O) groups is 2. The zero-order valence-electron chi connectivity index (χ0n) is 14.9. The molecule has 7 nitrogen and oxygen atoms in total. The minimum Gasteiger partial charge on any atom is -0.321 e. The number of aromatic nitrogens is 3. The van der Waals surface area contributed by atoms with E-state index in [-0.39, 0.29) is 11.8 Å². The highest BCUT2D eigenvalue weighted by molar-refractivity contribution is 7.12. The Hall–Kier alpha value is -3.49. The van der Waals surface area contributed by atoms with Crippen LogP contribution >= 0.6 is 22.9 Å². The average molecular weight is 424 g/mol. The van der Waals surface area contributed by atoms with Crippen molar-refractivity contribution in [2.24, 2.45) is 0 Å². The SMILES string of the molecule is O=C(Nc1ccc(-n2cccn2)nc1)c1ccc(Cl)c(NC(=O)c2cccs2)c1. The first kappa shape index (κ1) is 18.9. The second-order valence-corrected chi connectivity index (χ2v) is 7.29. The monoisotopic (exact) mass is 423 g/mol. The van der Waals surface area contributed by atoms with E-state index in [2.05, 4.69) is 20.7 Å². The van der Waals surface area contributed by atoms with Crippen LogP contribution in [-0.4, -0.2) is 26.6 Å². The highest BCUT2D eigenvalue weighted by Gasteiger charge is 2.13. The molecule has 4 aromatic rings. The van der Waals surface area contributed by atoms with Crippen molar-refractivity contribution in [1.29, 1.82) is 0 Å². The number of benzene rings is 1. The Morgan fingerprint density at radius 1 is 1.03 bits per heavy atom. The lowest BCUT2D eigenvalue weighted by Crippen LogP contribution is -2.14. The summed E-state index contributed by atoms with van der Waals surface area (Å²) < 4.78 is 1.62. The molecule has 3 aromatic heterocycles. The Bertz CT molecular complexity index is 1140. The lowest BCUT2D eigenvalue weighted by atomic mass is 10.1. The third kappa shape index (κ3) is 4.34. The molecular weight excluding hydrogens is 410 g/mol. The standard InChI is InChI=1S/C20H14ClN5O2S/c21-15-6-4-13(11-16(15)25-20(28)17-3-1-10-29-17)19(27)24-14-5-7-18(22-12-14)26-9-2-8-23-26/h1-12H,(H,24,27)(H,25,28). The second-order valence-electron chi connectivity index (χ2n) is 5.94. The van der Waals surface area contributed by atoms with Gasteiger partial charge in [0.1, 0.15) is 0 Å². The lowest BCUT2D eigenvalue weighted by Gasteiger charge is -2.10. The van der Waals surface area contributed by atoms with Crippen molar-refractivity contribution in [3.05, 3.63) is 88.0 Å². The van der Waals surface area contributed by atoms with Crippen LogP contribution in [0, 0.1) is 0 Å². The van der Waals surface area contributed by atoms with Gasteiger partial charge in [-0.1, -0.05) is 17.7 Å². The molecule has 1 aromatic carbocycles. The summed E-state index contributed by atoms with van der Waals surface area (Å²) in [6, 6.07) is 13.5. The molecule has 0 atom stereocenters. The zero-order chi connectivity index (χ0) is 20.2. The third-order valence-electron chi connectivity index (χ3n) is 3.97. The molecule has 0 aliphatic rings. The fourth-order valence-corrected chi connectivity index (χ4v) is 3.34. The van der Waals surface area contributed by atoms with Crippen LogP contribution in [0.2, 0.25) is 5.02 Å². The van der Waals surface area contributed by atoms with Gasteiger partial charge < -0.3 is 10.6 Å². The van der Waals surface area contributed by atoms with Gasteiger partial charge in [-0.25, -0.2) is 9.67 Å². The first-order valence-electron chi connectivity index (χ1n) is 8.52. The van der Waals surface area contributed by atoms with Gasteiger partial charge in [0, 0.05) is 18.0 Å². The highest BCUT2D eigenvalue weighted by Crippen LogP contribution is 2.25. The largest absolute Gasteiger partial charge is 0.321 e. The molecule has 0 aliphatic carbocycles. The smallest absolute Gasteiger partial charge is 0.265 e. The number of carbonyl (C=O) groups excluding carboxylic acids is 2. The third-order valence-corrected chi connectivity index (χ3v) is 5.16. The fourth-order valence-electron chi connectivity index (χ4n) is 2.56. The Morgan fingerprint density at radius 2 is 1.93 bits per heavy atom. The molecule has 9 heteroatoms. The number of halogens is 1. The van der Waals surface area contributed by atoms with Crippen LogP contribution in [0.4, 0.5) is 11.4 Å². The van der Waals surface area contributed by atoms with E-state index in [1.165, 1.54) is 17.4 Å². The van der Waals surface area contributed by atoms with Gasteiger partial charge in [0.05, 0.1) is 27.5 Å². The number of nitrogens with zero attached hydrogens (tertiary/aromatic N) is 3. The van der Waals surface area contributed by atoms with Gasteiger partial charge in [-0.3, -0.25) is 9.59 Å². The van der Waals surface area contributed by atoms with Crippen LogP contribution in [0.5, 0.6) is 0 Å². The quantitative estimate of drug-likeness (QED) is 0.495. The fraction of sp³-hybridized carbons (Fsp3) is 0. The van der Waals surface area contributed by atoms with Crippen molar-refractivity contribution in [1.82, 2.24) is 14.8 Å². The van der Waals surface area contributed by atoms with E-state index in [0.29, 0.717) is 32.7 Å². The van der Waals surface area contributed by atoms with Gasteiger partial charge >= 0.3 is 0 Å². The molecule has 0 fully saturated rings. The number of hydrogen-bond donors (Lipinski definition) is 2. The molecule has 4 rings (SSSR count). The van der Waals surface area contributed by atoms with Crippen molar-refractivity contribution >= 4 is 46.1 Å². The van der Waals surface area contributed by atoms with Gasteiger partial charge in [-0.05, 0) is 47.8 Å². The van der Waals surface area contributed by atoms with Crippen molar-refractivity contribution in [3.8, 4) is 5.82 Å². The van der Waals surface area contributed by atoms with E-state index < -0.39 is 0 Å². The van der Waals surface area contributed by atoms with Gasteiger partial charge in [0.15, 0.2) is 5.82 Å². The number of thiophene rings is 1. The number of nitrogens with one attached hydrogen (secondary N) is 2. The molecule has 0 saturated heterocycles. The summed E-state index contributed by atoms with van der Waals surface area (Å²) in [4.78, 5) is 29.7. The van der Waals surface area contributed by atoms with Crippen LogP contribution in [0.15, 0.2) is 72.5 Å². The maximum Gasteiger partial charge on any atom is 0.265 e. The van der Waals surface area contributed by atoms with Gasteiger partial charge in [-0.2, -0.15) is 5.10 Å². The van der Waals surface area contributed by atoms with Crippen molar-refractivity contribution in [3.63, 3.8) is 0 Å². The predicted molar refractivity (Wildman–Crippen MR) is 113 cm³/mol. The Labute approximate surface area is 175 Å². The molecule has 144 valence electrons. The van der Waals surface area contributed by atoms with Crippen LogP contribution in [0.3, 0.4) is 0 Å². The maximum absolute atomic E-state index is 12.6. The summed E-state index contributed by atoms with van der Waals surface area (Å²) in [6.07, 6.45) is 4.98. The second kappa shape index (κ2) is 8.26. The maximum atomic E-state index is 12.6. The molecular formula is C20H14ClN5O2S. The van der Waals surface area contributed by atoms with E-state index in [1.54, 1.807) is 65.7 Å². The summed E-state index contributed by atoms with van der Waals surface area (Å²) in [6.45, 7) is 0. The molecule has 0 bridgehead atoms. The normalized spacial score (nSPS) is 10.5. The van der Waals surface area contributed by atoms with E-state index in [9.17, 15) is 9.59 Å². The number of anilines is 2.